The molecule has 2 aromatic heterocycles. The van der Waals surface area contributed by atoms with E-state index in [1.807, 2.05) is 0 Å². The number of amides is 1. The van der Waals surface area contributed by atoms with Crippen molar-refractivity contribution in [1.82, 2.24) is 15.5 Å². The van der Waals surface area contributed by atoms with E-state index in [1.54, 1.807) is 24.4 Å². The summed E-state index contributed by atoms with van der Waals surface area (Å²) in [6.45, 7) is 3.29. The fraction of sp³-hybridized carbons (Fsp3) is 0.308. The van der Waals surface area contributed by atoms with Gasteiger partial charge in [-0.2, -0.15) is 0 Å². The second-order valence-corrected chi connectivity index (χ2v) is 4.03. The molecule has 0 aliphatic rings. The van der Waals surface area contributed by atoms with Crippen molar-refractivity contribution in [1.29, 1.82) is 0 Å². The van der Waals surface area contributed by atoms with Crippen molar-refractivity contribution in [2.45, 2.75) is 19.9 Å². The molecule has 2 heterocycles. The van der Waals surface area contributed by atoms with Gasteiger partial charge >= 0.3 is 0 Å². The highest BCUT2D eigenvalue weighted by molar-refractivity contribution is 5.93. The van der Waals surface area contributed by atoms with Gasteiger partial charge in [0.1, 0.15) is 17.8 Å². The van der Waals surface area contributed by atoms with Crippen LogP contribution in [0.4, 0.5) is 5.82 Å². The highest BCUT2D eigenvalue weighted by atomic mass is 16.5. The zero-order chi connectivity index (χ0) is 13.5. The lowest BCUT2D eigenvalue weighted by Gasteiger charge is -2.05. The summed E-state index contributed by atoms with van der Waals surface area (Å²) in [6, 6.07) is 5.24. The van der Waals surface area contributed by atoms with Gasteiger partial charge in [0, 0.05) is 18.8 Å². The van der Waals surface area contributed by atoms with Crippen molar-refractivity contribution in [3.8, 4) is 0 Å². The van der Waals surface area contributed by atoms with Crippen LogP contribution in [0.3, 0.4) is 0 Å². The van der Waals surface area contributed by atoms with E-state index in [1.165, 1.54) is 6.26 Å². The summed E-state index contributed by atoms with van der Waals surface area (Å²) in [6.07, 6.45) is 4.05. The van der Waals surface area contributed by atoms with Crippen LogP contribution in [0.2, 0.25) is 0 Å². The van der Waals surface area contributed by atoms with E-state index in [4.69, 9.17) is 0 Å². The summed E-state index contributed by atoms with van der Waals surface area (Å²) in [5, 5.41) is 9.61. The number of pyridine rings is 1. The third-order valence-electron chi connectivity index (χ3n) is 2.50. The zero-order valence-corrected chi connectivity index (χ0v) is 10.7. The van der Waals surface area contributed by atoms with E-state index in [9.17, 15) is 4.79 Å². The Bertz CT molecular complexity index is 508. The van der Waals surface area contributed by atoms with Gasteiger partial charge in [0.15, 0.2) is 0 Å². The van der Waals surface area contributed by atoms with Gasteiger partial charge < -0.3 is 15.2 Å². The normalized spacial score (nSPS) is 10.2. The molecule has 0 fully saturated rings. The minimum atomic E-state index is -0.183. The van der Waals surface area contributed by atoms with Gasteiger partial charge in [-0.3, -0.25) is 4.79 Å². The Labute approximate surface area is 111 Å². The molecule has 0 atom stereocenters. The van der Waals surface area contributed by atoms with Crippen molar-refractivity contribution >= 4 is 11.7 Å². The first-order valence-electron chi connectivity index (χ1n) is 6.17. The first-order valence-corrected chi connectivity index (χ1v) is 6.17. The molecule has 0 saturated heterocycles. The molecule has 0 bridgehead atoms. The number of carbonyl (C=O) groups excluding carboxylic acids is 1. The van der Waals surface area contributed by atoms with Crippen molar-refractivity contribution in [3.05, 3.63) is 41.9 Å². The molecule has 6 nitrogen and oxygen atoms in total. The molecule has 0 unspecified atom stereocenters. The van der Waals surface area contributed by atoms with Gasteiger partial charge in [0.25, 0.3) is 5.91 Å². The summed E-state index contributed by atoms with van der Waals surface area (Å²) in [7, 11) is 0. The molecule has 2 aromatic rings. The zero-order valence-electron chi connectivity index (χ0n) is 10.7. The van der Waals surface area contributed by atoms with Crippen LogP contribution in [0.1, 0.15) is 29.4 Å². The minimum absolute atomic E-state index is 0.183. The van der Waals surface area contributed by atoms with Gasteiger partial charge in [0.2, 0.25) is 0 Å². The topological polar surface area (TPSA) is 80.0 Å². The fourth-order valence-electron chi connectivity index (χ4n) is 1.49. The van der Waals surface area contributed by atoms with E-state index in [0.717, 1.165) is 18.8 Å². The molecule has 1 amide bonds. The third kappa shape index (κ3) is 3.80. The molecule has 19 heavy (non-hydrogen) atoms. The average Bonchev–Trinajstić information content (AvgIpc) is 2.96. The number of nitrogens with zero attached hydrogens (tertiary/aromatic N) is 2. The van der Waals surface area contributed by atoms with Crippen LogP contribution in [0.5, 0.6) is 0 Å². The van der Waals surface area contributed by atoms with E-state index >= 15 is 0 Å². The molecule has 0 aromatic carbocycles. The lowest BCUT2D eigenvalue weighted by Crippen LogP contribution is -2.23. The quantitative estimate of drug-likeness (QED) is 0.828. The second-order valence-electron chi connectivity index (χ2n) is 4.03. The van der Waals surface area contributed by atoms with Gasteiger partial charge in [-0.1, -0.05) is 12.1 Å². The highest BCUT2D eigenvalue weighted by Crippen LogP contribution is 2.05. The number of rotatable bonds is 6. The number of nitrogens with one attached hydrogen (secondary N) is 2. The molecule has 6 heteroatoms. The number of aromatic nitrogens is 2. The summed E-state index contributed by atoms with van der Waals surface area (Å²) < 4.78 is 4.68. The van der Waals surface area contributed by atoms with E-state index in [0.29, 0.717) is 17.8 Å². The van der Waals surface area contributed by atoms with Crippen molar-refractivity contribution in [3.63, 3.8) is 0 Å². The monoisotopic (exact) mass is 260 g/mol. The number of hydrogen-bond acceptors (Lipinski definition) is 5. The highest BCUT2D eigenvalue weighted by Gasteiger charge is 2.06. The van der Waals surface area contributed by atoms with Gasteiger partial charge in [-0.15, -0.1) is 0 Å². The van der Waals surface area contributed by atoms with Crippen molar-refractivity contribution in [2.24, 2.45) is 0 Å². The van der Waals surface area contributed by atoms with Crippen LogP contribution in [0.15, 0.2) is 35.2 Å². The van der Waals surface area contributed by atoms with E-state index in [2.05, 4.69) is 32.2 Å². The Kier molecular flexibility index (Phi) is 4.49. The fourth-order valence-corrected chi connectivity index (χ4v) is 1.49. The largest absolute Gasteiger partial charge is 0.370 e. The Balaban J connectivity index is 1.88. The summed E-state index contributed by atoms with van der Waals surface area (Å²) in [4.78, 5) is 16.0. The Morgan fingerprint density at radius 1 is 1.37 bits per heavy atom. The van der Waals surface area contributed by atoms with Crippen LogP contribution in [-0.2, 0) is 6.54 Å². The van der Waals surface area contributed by atoms with E-state index < -0.39 is 0 Å². The lowest BCUT2D eigenvalue weighted by atomic mass is 10.2. The third-order valence-corrected chi connectivity index (χ3v) is 2.50. The molecule has 100 valence electrons. The number of hydrogen-bond donors (Lipinski definition) is 2. The van der Waals surface area contributed by atoms with Gasteiger partial charge in [-0.25, -0.2) is 4.98 Å². The molecule has 0 aliphatic carbocycles. The maximum Gasteiger partial charge on any atom is 0.253 e. The first kappa shape index (κ1) is 13.1. The smallest absolute Gasteiger partial charge is 0.253 e. The van der Waals surface area contributed by atoms with E-state index in [-0.39, 0.29) is 5.91 Å². The molecular formula is C13H16N4O2. The minimum Gasteiger partial charge on any atom is -0.370 e. The van der Waals surface area contributed by atoms with Crippen LogP contribution in [-0.4, -0.2) is 22.6 Å². The molecule has 0 spiro atoms. The molecule has 2 rings (SSSR count). The van der Waals surface area contributed by atoms with Crippen LogP contribution in [0.25, 0.3) is 0 Å². The molecule has 0 aliphatic heterocycles. The summed E-state index contributed by atoms with van der Waals surface area (Å²) in [5.74, 6) is 0.590. The first-order chi connectivity index (χ1) is 9.29. The summed E-state index contributed by atoms with van der Waals surface area (Å²) >= 11 is 0. The number of anilines is 1. The number of carbonyl (C=O) groups is 1. The van der Waals surface area contributed by atoms with Crippen LogP contribution >= 0.6 is 0 Å². The Morgan fingerprint density at radius 2 is 2.26 bits per heavy atom. The second kappa shape index (κ2) is 6.53. The summed E-state index contributed by atoms with van der Waals surface area (Å²) in [5.41, 5.74) is 1.20. The molecule has 0 radical (unpaired) electrons. The Morgan fingerprint density at radius 3 is 2.89 bits per heavy atom. The molecule has 2 N–H and O–H groups in total. The molecule has 0 saturated carbocycles. The van der Waals surface area contributed by atoms with Crippen LogP contribution < -0.4 is 10.6 Å². The van der Waals surface area contributed by atoms with Crippen molar-refractivity contribution < 1.29 is 9.32 Å². The van der Waals surface area contributed by atoms with Gasteiger partial charge in [-0.05, 0) is 18.6 Å². The van der Waals surface area contributed by atoms with Gasteiger partial charge in [0.05, 0.1) is 12.1 Å². The molecular weight excluding hydrogens is 244 g/mol. The average molecular weight is 260 g/mol. The Hall–Kier alpha value is -2.37. The standard InChI is InChI=1S/C13H16N4O2/c1-2-6-14-12-4-3-10(8-15-12)13(18)16-9-11-5-7-19-17-11/h3-5,7-8H,2,6,9H2,1H3,(H,14,15)(H,16,18). The lowest BCUT2D eigenvalue weighted by molar-refractivity contribution is 0.0950. The van der Waals surface area contributed by atoms with Crippen molar-refractivity contribution in [2.75, 3.05) is 11.9 Å². The maximum atomic E-state index is 11.8. The van der Waals surface area contributed by atoms with Crippen LogP contribution in [0, 0.1) is 0 Å². The SMILES string of the molecule is CCCNc1ccc(C(=O)NCc2ccon2)cn1. The predicted molar refractivity (Wildman–Crippen MR) is 70.7 cm³/mol. The predicted octanol–water partition coefficient (Wildman–Crippen LogP) is 1.82. The maximum absolute atomic E-state index is 11.8.